The van der Waals surface area contributed by atoms with Crippen LogP contribution in [0.5, 0.6) is 0 Å². The number of nitrogens with two attached hydrogens (primary N) is 1. The highest BCUT2D eigenvalue weighted by Crippen LogP contribution is 2.19. The maximum Gasteiger partial charge on any atom is 0.277 e. The number of carbonyl (C=O) groups is 1. The highest BCUT2D eigenvalue weighted by atomic mass is 16.6. The minimum absolute atomic E-state index is 0.00593. The molecule has 1 heterocycles. The lowest BCUT2D eigenvalue weighted by molar-refractivity contribution is 0.0559. The van der Waals surface area contributed by atoms with Crippen LogP contribution >= 0.6 is 0 Å². The van der Waals surface area contributed by atoms with E-state index in [1.165, 1.54) is 0 Å². The number of rotatable bonds is 2. The smallest absolute Gasteiger partial charge is 0.277 e. The third kappa shape index (κ3) is 1.53. The van der Waals surface area contributed by atoms with Crippen molar-refractivity contribution in [2.75, 3.05) is 5.73 Å². The van der Waals surface area contributed by atoms with Gasteiger partial charge in [-0.05, 0) is 23.2 Å². The van der Waals surface area contributed by atoms with E-state index < -0.39 is 5.91 Å². The topological polar surface area (TPSA) is 114 Å². The van der Waals surface area contributed by atoms with Gasteiger partial charge in [-0.3, -0.25) is 4.79 Å². The second-order valence-electron chi connectivity index (χ2n) is 3.29. The molecule has 0 bridgehead atoms. The minimum atomic E-state index is -0.416. The molecule has 0 unspecified atom stereocenters. The van der Waals surface area contributed by atoms with Crippen molar-refractivity contribution in [3.8, 4) is 0 Å². The van der Waals surface area contributed by atoms with E-state index in [0.717, 1.165) is 0 Å². The van der Waals surface area contributed by atoms with Crippen LogP contribution in [-0.4, -0.2) is 33.5 Å². The fourth-order valence-corrected chi connectivity index (χ4v) is 1.31. The largest absolute Gasteiger partial charge is 0.393 e. The molecule has 2 rings (SSSR count). The Labute approximate surface area is 79.2 Å². The molecule has 0 aliphatic heterocycles. The second kappa shape index (κ2) is 3.26. The zero-order valence-electron chi connectivity index (χ0n) is 7.30. The molecule has 76 valence electrons. The lowest BCUT2D eigenvalue weighted by Gasteiger charge is -2.31. The zero-order valence-corrected chi connectivity index (χ0v) is 7.30. The van der Waals surface area contributed by atoms with Crippen molar-refractivity contribution in [3.63, 3.8) is 0 Å². The molecule has 0 aromatic carbocycles. The summed E-state index contributed by atoms with van der Waals surface area (Å²) in [6.07, 6.45) is 0.821. The first-order valence-corrected chi connectivity index (χ1v) is 4.24. The Bertz CT molecular complexity index is 344. The number of aliphatic hydroxyl groups excluding tert-OH is 1. The molecule has 1 aliphatic rings. The molecule has 7 nitrogen and oxygen atoms in total. The van der Waals surface area contributed by atoms with E-state index >= 15 is 0 Å². The summed E-state index contributed by atoms with van der Waals surface area (Å²) in [6, 6.07) is -0.00593. The van der Waals surface area contributed by atoms with Gasteiger partial charge in [-0.25, -0.2) is 4.63 Å². The Hall–Kier alpha value is -1.63. The van der Waals surface area contributed by atoms with Crippen LogP contribution in [0.15, 0.2) is 4.63 Å². The van der Waals surface area contributed by atoms with E-state index in [-0.39, 0.29) is 23.7 Å². The first-order chi connectivity index (χ1) is 6.66. The molecule has 1 amide bonds. The molecule has 1 aromatic rings. The Kier molecular flexibility index (Phi) is 2.08. The van der Waals surface area contributed by atoms with Crippen LogP contribution in [0, 0.1) is 0 Å². The van der Waals surface area contributed by atoms with Crippen molar-refractivity contribution < 1.29 is 14.5 Å². The van der Waals surface area contributed by atoms with Gasteiger partial charge < -0.3 is 16.2 Å². The molecule has 0 saturated heterocycles. The number of nitrogens with one attached hydrogen (secondary N) is 1. The van der Waals surface area contributed by atoms with Crippen molar-refractivity contribution >= 4 is 11.7 Å². The molecule has 14 heavy (non-hydrogen) atoms. The standard InChI is InChI=1S/C7H10N4O3/c8-6-5(10-14-11-6)7(13)9-3-1-4(12)2-3/h3-4,12H,1-2H2,(H2,8,11)(H,9,13). The molecule has 0 spiro atoms. The number of nitrogens with zero attached hydrogens (tertiary/aromatic N) is 2. The van der Waals surface area contributed by atoms with Gasteiger partial charge in [0.25, 0.3) is 5.91 Å². The van der Waals surface area contributed by atoms with E-state index in [9.17, 15) is 4.79 Å². The van der Waals surface area contributed by atoms with Gasteiger partial charge in [0.15, 0.2) is 0 Å². The molecule has 1 saturated carbocycles. The highest BCUT2D eigenvalue weighted by molar-refractivity contribution is 5.96. The van der Waals surface area contributed by atoms with Crippen molar-refractivity contribution in [2.45, 2.75) is 25.0 Å². The number of aromatic nitrogens is 2. The first-order valence-electron chi connectivity index (χ1n) is 4.24. The van der Waals surface area contributed by atoms with Crippen LogP contribution in [0.1, 0.15) is 23.3 Å². The predicted octanol–water partition coefficient (Wildman–Crippen LogP) is -1.10. The first kappa shape index (κ1) is 8.95. The summed E-state index contributed by atoms with van der Waals surface area (Å²) >= 11 is 0. The van der Waals surface area contributed by atoms with Gasteiger partial charge in [-0.1, -0.05) is 0 Å². The fraction of sp³-hybridized carbons (Fsp3) is 0.571. The Balaban J connectivity index is 1.93. The maximum absolute atomic E-state index is 11.4. The number of anilines is 1. The van der Waals surface area contributed by atoms with Crippen LogP contribution in [0.3, 0.4) is 0 Å². The highest BCUT2D eigenvalue weighted by Gasteiger charge is 2.30. The predicted molar refractivity (Wildman–Crippen MR) is 45.2 cm³/mol. The van der Waals surface area contributed by atoms with Gasteiger partial charge in [-0.15, -0.1) is 0 Å². The number of amides is 1. The summed E-state index contributed by atoms with van der Waals surface area (Å²) in [6.45, 7) is 0. The van der Waals surface area contributed by atoms with E-state index in [1.54, 1.807) is 0 Å². The Morgan fingerprint density at radius 2 is 2.29 bits per heavy atom. The molecule has 0 atom stereocenters. The summed E-state index contributed by atoms with van der Waals surface area (Å²) < 4.78 is 4.29. The lowest BCUT2D eigenvalue weighted by Crippen LogP contribution is -2.46. The number of carbonyl (C=O) groups excluding carboxylic acids is 1. The van der Waals surface area contributed by atoms with Gasteiger partial charge in [-0.2, -0.15) is 0 Å². The summed E-state index contributed by atoms with van der Waals surface area (Å²) in [7, 11) is 0. The SMILES string of the molecule is Nc1nonc1C(=O)NC1CC(O)C1. The van der Waals surface area contributed by atoms with Gasteiger partial charge in [0.2, 0.25) is 11.5 Å². The van der Waals surface area contributed by atoms with Gasteiger partial charge in [0.05, 0.1) is 6.10 Å². The second-order valence-corrected chi connectivity index (χ2v) is 3.29. The Morgan fingerprint density at radius 1 is 1.57 bits per heavy atom. The van der Waals surface area contributed by atoms with Crippen LogP contribution in [0.4, 0.5) is 5.82 Å². The summed E-state index contributed by atoms with van der Waals surface area (Å²) in [5, 5.41) is 18.3. The zero-order chi connectivity index (χ0) is 10.1. The normalized spacial score (nSPS) is 25.5. The van der Waals surface area contributed by atoms with E-state index in [2.05, 4.69) is 20.3 Å². The molecule has 1 aliphatic carbocycles. The third-order valence-corrected chi connectivity index (χ3v) is 2.18. The van der Waals surface area contributed by atoms with E-state index in [0.29, 0.717) is 12.8 Å². The average Bonchev–Trinajstić information content (AvgIpc) is 2.48. The number of hydrogen-bond donors (Lipinski definition) is 3. The fourth-order valence-electron chi connectivity index (χ4n) is 1.31. The molecule has 4 N–H and O–H groups in total. The van der Waals surface area contributed by atoms with Crippen molar-refractivity contribution in [1.29, 1.82) is 0 Å². The molecule has 7 heteroatoms. The monoisotopic (exact) mass is 198 g/mol. The average molecular weight is 198 g/mol. The third-order valence-electron chi connectivity index (χ3n) is 2.18. The maximum atomic E-state index is 11.4. The summed E-state index contributed by atoms with van der Waals surface area (Å²) in [5.41, 5.74) is 5.32. The van der Waals surface area contributed by atoms with Gasteiger partial charge >= 0.3 is 0 Å². The lowest BCUT2D eigenvalue weighted by atomic mass is 9.89. The van der Waals surface area contributed by atoms with Gasteiger partial charge in [0, 0.05) is 6.04 Å². The van der Waals surface area contributed by atoms with Crippen LogP contribution < -0.4 is 11.1 Å². The van der Waals surface area contributed by atoms with Crippen molar-refractivity contribution in [3.05, 3.63) is 5.69 Å². The number of nitrogen functional groups attached to an aromatic ring is 1. The van der Waals surface area contributed by atoms with Gasteiger partial charge in [0.1, 0.15) is 0 Å². The quantitative estimate of drug-likeness (QED) is 0.556. The minimum Gasteiger partial charge on any atom is -0.393 e. The molecule has 1 fully saturated rings. The van der Waals surface area contributed by atoms with E-state index in [1.807, 2.05) is 0 Å². The molecular weight excluding hydrogens is 188 g/mol. The molecular formula is C7H10N4O3. The molecule has 1 aromatic heterocycles. The number of hydrogen-bond acceptors (Lipinski definition) is 6. The van der Waals surface area contributed by atoms with Crippen molar-refractivity contribution in [1.82, 2.24) is 15.6 Å². The Morgan fingerprint density at radius 3 is 2.79 bits per heavy atom. The summed E-state index contributed by atoms with van der Waals surface area (Å²) in [5.74, 6) is -0.442. The number of aliphatic hydroxyl groups is 1. The van der Waals surface area contributed by atoms with Crippen LogP contribution in [-0.2, 0) is 0 Å². The van der Waals surface area contributed by atoms with E-state index in [4.69, 9.17) is 10.8 Å². The molecule has 0 radical (unpaired) electrons. The summed E-state index contributed by atoms with van der Waals surface area (Å²) in [4.78, 5) is 11.4. The van der Waals surface area contributed by atoms with Crippen molar-refractivity contribution in [2.24, 2.45) is 0 Å². The van der Waals surface area contributed by atoms with Crippen LogP contribution in [0.2, 0.25) is 0 Å². The van der Waals surface area contributed by atoms with Crippen LogP contribution in [0.25, 0.3) is 0 Å².